The maximum absolute atomic E-state index is 13.8. The zero-order chi connectivity index (χ0) is 26.9. The van der Waals surface area contributed by atoms with Crippen molar-refractivity contribution in [3.8, 4) is 5.75 Å². The van der Waals surface area contributed by atoms with Crippen molar-refractivity contribution in [1.82, 2.24) is 20.1 Å². The second-order valence-electron chi connectivity index (χ2n) is 9.15. The Hall–Kier alpha value is -4.24. The van der Waals surface area contributed by atoms with E-state index in [1.165, 1.54) is 6.20 Å². The van der Waals surface area contributed by atoms with Crippen LogP contribution < -0.4 is 15.8 Å². The van der Waals surface area contributed by atoms with Crippen LogP contribution in [0.15, 0.2) is 79.1 Å². The minimum absolute atomic E-state index is 0.162. The van der Waals surface area contributed by atoms with Crippen LogP contribution in [-0.4, -0.2) is 77.9 Å². The molecule has 0 spiro atoms. The third kappa shape index (κ3) is 6.36. The molecule has 38 heavy (non-hydrogen) atoms. The predicted octanol–water partition coefficient (Wildman–Crippen LogP) is 2.13. The predicted molar refractivity (Wildman–Crippen MR) is 144 cm³/mol. The fraction of sp³-hybridized carbons (Fsp3) is 0.310. The molecule has 198 valence electrons. The topological polar surface area (TPSA) is 118 Å². The summed E-state index contributed by atoms with van der Waals surface area (Å²) >= 11 is 0. The Labute approximate surface area is 222 Å². The Bertz CT molecular complexity index is 1220. The number of methoxy groups -OCH3 is 1. The summed E-state index contributed by atoms with van der Waals surface area (Å²) in [7, 11) is 1.57. The van der Waals surface area contributed by atoms with Gasteiger partial charge in [0.05, 0.1) is 18.7 Å². The van der Waals surface area contributed by atoms with Gasteiger partial charge in [-0.3, -0.25) is 19.4 Å². The van der Waals surface area contributed by atoms with Crippen molar-refractivity contribution in [2.24, 2.45) is 5.73 Å². The van der Waals surface area contributed by atoms with Crippen LogP contribution in [-0.2, 0) is 11.2 Å². The van der Waals surface area contributed by atoms with Crippen LogP contribution in [0.1, 0.15) is 32.7 Å². The molecule has 0 bridgehead atoms. The molecule has 2 atom stereocenters. The minimum atomic E-state index is -0.734. The second kappa shape index (κ2) is 12.8. The van der Waals surface area contributed by atoms with Crippen LogP contribution >= 0.6 is 0 Å². The first-order valence-corrected chi connectivity index (χ1v) is 12.7. The highest BCUT2D eigenvalue weighted by atomic mass is 16.5. The maximum Gasteiger partial charge on any atom is 0.256 e. The summed E-state index contributed by atoms with van der Waals surface area (Å²) in [6.45, 7) is 1.26. The molecule has 0 aliphatic carbocycles. The zero-order valence-corrected chi connectivity index (χ0v) is 21.5. The lowest BCUT2D eigenvalue weighted by molar-refractivity contribution is -0.124. The van der Waals surface area contributed by atoms with E-state index >= 15 is 0 Å². The van der Waals surface area contributed by atoms with E-state index in [2.05, 4.69) is 10.3 Å². The molecule has 3 amide bonds. The molecule has 3 N–H and O–H groups in total. The molecule has 0 saturated carbocycles. The first-order chi connectivity index (χ1) is 18.5. The smallest absolute Gasteiger partial charge is 0.256 e. The Balaban J connectivity index is 1.63. The number of likely N-dealkylation sites (tertiary alicyclic amines) is 1. The molecule has 4 rings (SSSR count). The van der Waals surface area contributed by atoms with Crippen LogP contribution in [0.5, 0.6) is 5.75 Å². The number of benzene rings is 2. The lowest BCUT2D eigenvalue weighted by atomic mass is 10.1. The highest BCUT2D eigenvalue weighted by Crippen LogP contribution is 2.27. The van der Waals surface area contributed by atoms with Gasteiger partial charge in [-0.2, -0.15) is 0 Å². The van der Waals surface area contributed by atoms with Crippen molar-refractivity contribution < 1.29 is 19.1 Å². The number of nitrogens with one attached hydrogen (secondary N) is 1. The van der Waals surface area contributed by atoms with Gasteiger partial charge >= 0.3 is 0 Å². The standard InChI is InChI=1S/C29H33N5O4/c1-38-25-11-9-22(10-12-25)28(36)33(17-13-21-6-3-2-4-7-21)24-18-26(27(35)32-16-14-30)34(20-24)29(37)23-8-5-15-31-19-23/h2-12,15,19,24,26H,13-14,16-18,20,30H2,1H3,(H,32,35). The van der Waals surface area contributed by atoms with Crippen molar-refractivity contribution in [3.05, 3.63) is 95.8 Å². The molecule has 2 aromatic carbocycles. The first-order valence-electron chi connectivity index (χ1n) is 12.7. The van der Waals surface area contributed by atoms with Gasteiger partial charge in [-0.05, 0) is 54.8 Å². The molecule has 1 saturated heterocycles. The van der Waals surface area contributed by atoms with Gasteiger partial charge in [-0.15, -0.1) is 0 Å². The Morgan fingerprint density at radius 2 is 1.82 bits per heavy atom. The Morgan fingerprint density at radius 3 is 2.47 bits per heavy atom. The van der Waals surface area contributed by atoms with Crippen molar-refractivity contribution in [1.29, 1.82) is 0 Å². The highest BCUT2D eigenvalue weighted by molar-refractivity contribution is 5.98. The Kier molecular flexibility index (Phi) is 9.05. The fourth-order valence-corrected chi connectivity index (χ4v) is 4.72. The van der Waals surface area contributed by atoms with Crippen LogP contribution in [0.3, 0.4) is 0 Å². The van der Waals surface area contributed by atoms with Crippen molar-refractivity contribution >= 4 is 17.7 Å². The summed E-state index contributed by atoms with van der Waals surface area (Å²) in [4.78, 5) is 47.8. The van der Waals surface area contributed by atoms with Crippen LogP contribution in [0.25, 0.3) is 0 Å². The summed E-state index contributed by atoms with van der Waals surface area (Å²) < 4.78 is 5.24. The van der Waals surface area contributed by atoms with Gasteiger partial charge in [0.1, 0.15) is 11.8 Å². The number of pyridine rings is 1. The van der Waals surface area contributed by atoms with E-state index in [0.29, 0.717) is 42.8 Å². The number of carbonyl (C=O) groups excluding carboxylic acids is 3. The van der Waals surface area contributed by atoms with Gasteiger partial charge in [0, 0.05) is 44.1 Å². The Morgan fingerprint density at radius 1 is 1.05 bits per heavy atom. The van der Waals surface area contributed by atoms with E-state index in [1.807, 2.05) is 30.3 Å². The highest BCUT2D eigenvalue weighted by Gasteiger charge is 2.43. The number of rotatable bonds is 10. The van der Waals surface area contributed by atoms with E-state index in [0.717, 1.165) is 5.56 Å². The quantitative estimate of drug-likeness (QED) is 0.427. The average Bonchev–Trinajstić information content (AvgIpc) is 3.42. The number of aromatic nitrogens is 1. The van der Waals surface area contributed by atoms with Crippen LogP contribution in [0.4, 0.5) is 0 Å². The van der Waals surface area contributed by atoms with E-state index in [1.54, 1.807) is 59.5 Å². The molecule has 0 radical (unpaired) electrons. The van der Waals surface area contributed by atoms with Crippen LogP contribution in [0, 0.1) is 0 Å². The van der Waals surface area contributed by atoms with Gasteiger partial charge in [-0.1, -0.05) is 30.3 Å². The largest absolute Gasteiger partial charge is 0.497 e. The minimum Gasteiger partial charge on any atom is -0.497 e. The van der Waals surface area contributed by atoms with Crippen molar-refractivity contribution in [3.63, 3.8) is 0 Å². The van der Waals surface area contributed by atoms with E-state index in [-0.39, 0.29) is 36.9 Å². The number of nitrogens with zero attached hydrogens (tertiary/aromatic N) is 3. The normalized spacial score (nSPS) is 16.6. The number of hydrogen-bond donors (Lipinski definition) is 2. The molecule has 1 aromatic heterocycles. The third-order valence-corrected chi connectivity index (χ3v) is 6.72. The van der Waals surface area contributed by atoms with Crippen molar-refractivity contribution in [2.75, 3.05) is 33.3 Å². The summed E-state index contributed by atoms with van der Waals surface area (Å²) in [5.74, 6) is -0.0861. The molecule has 2 unspecified atom stereocenters. The maximum atomic E-state index is 13.8. The molecular formula is C29H33N5O4. The van der Waals surface area contributed by atoms with E-state index in [4.69, 9.17) is 10.5 Å². The van der Waals surface area contributed by atoms with Gasteiger partial charge in [0.2, 0.25) is 5.91 Å². The third-order valence-electron chi connectivity index (χ3n) is 6.72. The molecule has 1 aliphatic heterocycles. The summed E-state index contributed by atoms with van der Waals surface area (Å²) in [5.41, 5.74) is 7.59. The SMILES string of the molecule is COc1ccc(C(=O)N(CCc2ccccc2)C2CC(C(=O)NCCN)N(C(=O)c3cccnc3)C2)cc1. The lowest BCUT2D eigenvalue weighted by Gasteiger charge is -2.29. The number of ether oxygens (including phenoxy) is 1. The van der Waals surface area contributed by atoms with E-state index < -0.39 is 6.04 Å². The summed E-state index contributed by atoms with van der Waals surface area (Å²) in [6.07, 6.45) is 4.03. The number of carbonyl (C=O) groups is 3. The second-order valence-corrected chi connectivity index (χ2v) is 9.15. The fourth-order valence-electron chi connectivity index (χ4n) is 4.72. The summed E-state index contributed by atoms with van der Waals surface area (Å²) in [6, 6.07) is 19.1. The molecule has 9 heteroatoms. The van der Waals surface area contributed by atoms with Gasteiger partial charge in [0.25, 0.3) is 11.8 Å². The average molecular weight is 516 g/mol. The first kappa shape index (κ1) is 26.8. The van der Waals surface area contributed by atoms with Crippen molar-refractivity contribution in [2.45, 2.75) is 24.9 Å². The molecular weight excluding hydrogens is 482 g/mol. The molecule has 1 fully saturated rings. The lowest BCUT2D eigenvalue weighted by Crippen LogP contribution is -2.47. The van der Waals surface area contributed by atoms with Crippen LogP contribution in [0.2, 0.25) is 0 Å². The molecule has 3 aromatic rings. The zero-order valence-electron chi connectivity index (χ0n) is 21.5. The van der Waals surface area contributed by atoms with Gasteiger partial charge < -0.3 is 25.6 Å². The summed E-state index contributed by atoms with van der Waals surface area (Å²) in [5, 5.41) is 2.81. The number of hydrogen-bond acceptors (Lipinski definition) is 6. The number of amides is 3. The monoisotopic (exact) mass is 515 g/mol. The van der Waals surface area contributed by atoms with Gasteiger partial charge in [0.15, 0.2) is 0 Å². The number of nitrogens with two attached hydrogens (primary N) is 1. The molecule has 2 heterocycles. The van der Waals surface area contributed by atoms with E-state index in [9.17, 15) is 14.4 Å². The molecule has 1 aliphatic rings. The molecule has 9 nitrogen and oxygen atoms in total. The van der Waals surface area contributed by atoms with Gasteiger partial charge in [-0.25, -0.2) is 0 Å².